The molecule has 0 atom stereocenters. The first-order valence-electron chi connectivity index (χ1n) is 6.97. The largest absolute Gasteiger partial charge is 0.378 e. The van der Waals surface area contributed by atoms with Crippen LogP contribution in [0.5, 0.6) is 0 Å². The third-order valence-electron chi connectivity index (χ3n) is 3.83. The Morgan fingerprint density at radius 1 is 1.13 bits per heavy atom. The Morgan fingerprint density at radius 3 is 2.30 bits per heavy atom. The van der Waals surface area contributed by atoms with Gasteiger partial charge in [-0.25, -0.2) is 9.18 Å². The minimum absolute atomic E-state index is 0.220. The Bertz CT molecular complexity index is 761. The minimum atomic E-state index is -0.794. The highest BCUT2D eigenvalue weighted by Gasteiger charge is 2.47. The Kier molecular flexibility index (Phi) is 4.02. The molecule has 2 aromatic rings. The number of benzene rings is 2. The van der Waals surface area contributed by atoms with Crippen LogP contribution in [0.4, 0.5) is 15.8 Å². The third kappa shape index (κ3) is 2.90. The molecule has 0 bridgehead atoms. The van der Waals surface area contributed by atoms with Crippen molar-refractivity contribution in [3.8, 4) is 0 Å². The lowest BCUT2D eigenvalue weighted by Gasteiger charge is -2.40. The van der Waals surface area contributed by atoms with Crippen LogP contribution in [-0.2, 0) is 19.7 Å². The van der Waals surface area contributed by atoms with Gasteiger partial charge in [-0.05, 0) is 42.0 Å². The zero-order valence-electron chi connectivity index (χ0n) is 12.1. The van der Waals surface area contributed by atoms with Crippen LogP contribution >= 0.6 is 0 Å². The SMILES string of the molecule is O=C=Nc1ccc(C2(C(=O)Nc3ccc(F)cc3)COC2)cc1. The van der Waals surface area contributed by atoms with Gasteiger partial charge < -0.3 is 10.1 Å². The molecule has 1 heterocycles. The van der Waals surface area contributed by atoms with E-state index in [0.717, 1.165) is 5.56 Å². The van der Waals surface area contributed by atoms with E-state index >= 15 is 0 Å². The van der Waals surface area contributed by atoms with Crippen molar-refractivity contribution in [1.82, 2.24) is 0 Å². The summed E-state index contributed by atoms with van der Waals surface area (Å²) in [7, 11) is 0. The van der Waals surface area contributed by atoms with Crippen molar-refractivity contribution in [2.24, 2.45) is 4.99 Å². The lowest BCUT2D eigenvalue weighted by Crippen LogP contribution is -2.55. The number of nitrogens with zero attached hydrogens (tertiary/aromatic N) is 1. The van der Waals surface area contributed by atoms with Gasteiger partial charge in [0.05, 0.1) is 18.9 Å². The van der Waals surface area contributed by atoms with Crippen LogP contribution in [0.15, 0.2) is 53.5 Å². The summed E-state index contributed by atoms with van der Waals surface area (Å²) < 4.78 is 18.2. The Balaban J connectivity index is 1.83. The normalized spacial score (nSPS) is 15.2. The molecule has 0 aromatic heterocycles. The topological polar surface area (TPSA) is 67.8 Å². The number of aliphatic imine (C=N–C) groups is 1. The van der Waals surface area contributed by atoms with Gasteiger partial charge in [-0.15, -0.1) is 0 Å². The van der Waals surface area contributed by atoms with Gasteiger partial charge in [0.15, 0.2) is 0 Å². The molecule has 0 spiro atoms. The summed E-state index contributed by atoms with van der Waals surface area (Å²) in [6, 6.07) is 12.3. The maximum absolute atomic E-state index is 12.9. The molecule has 0 radical (unpaired) electrons. The van der Waals surface area contributed by atoms with Gasteiger partial charge in [-0.3, -0.25) is 4.79 Å². The zero-order chi connectivity index (χ0) is 16.3. The number of carbonyl (C=O) groups is 1. The van der Waals surface area contributed by atoms with Gasteiger partial charge >= 0.3 is 0 Å². The van der Waals surface area contributed by atoms with Crippen molar-refractivity contribution < 1.29 is 18.7 Å². The predicted octanol–water partition coefficient (Wildman–Crippen LogP) is 2.70. The summed E-state index contributed by atoms with van der Waals surface area (Å²) in [4.78, 5) is 26.4. The van der Waals surface area contributed by atoms with Gasteiger partial charge in [-0.1, -0.05) is 12.1 Å². The van der Waals surface area contributed by atoms with E-state index in [4.69, 9.17) is 4.74 Å². The molecule has 1 amide bonds. The molecule has 1 fully saturated rings. The highest BCUT2D eigenvalue weighted by atomic mass is 19.1. The Morgan fingerprint density at radius 2 is 1.78 bits per heavy atom. The second-order valence-corrected chi connectivity index (χ2v) is 5.29. The fourth-order valence-electron chi connectivity index (χ4n) is 2.43. The van der Waals surface area contributed by atoms with Gasteiger partial charge in [0.1, 0.15) is 11.2 Å². The van der Waals surface area contributed by atoms with Gasteiger partial charge in [-0.2, -0.15) is 4.99 Å². The number of amides is 1. The number of ether oxygens (including phenoxy) is 1. The third-order valence-corrected chi connectivity index (χ3v) is 3.83. The number of hydrogen-bond donors (Lipinski definition) is 1. The zero-order valence-corrected chi connectivity index (χ0v) is 12.1. The maximum atomic E-state index is 12.9. The number of carbonyl (C=O) groups excluding carboxylic acids is 2. The van der Waals surface area contributed by atoms with E-state index in [1.807, 2.05) is 0 Å². The predicted molar refractivity (Wildman–Crippen MR) is 81.8 cm³/mol. The summed E-state index contributed by atoms with van der Waals surface area (Å²) in [6.45, 7) is 0.520. The van der Waals surface area contributed by atoms with Crippen molar-refractivity contribution in [2.45, 2.75) is 5.41 Å². The monoisotopic (exact) mass is 312 g/mol. The lowest BCUT2D eigenvalue weighted by molar-refractivity contribution is -0.139. The standard InChI is InChI=1S/C17H13FN2O3/c18-13-3-7-15(8-4-13)20-16(22)17(9-23-10-17)12-1-5-14(6-2-12)19-11-21/h1-8H,9-10H2,(H,20,22). The van der Waals surface area contributed by atoms with Gasteiger partial charge in [0.2, 0.25) is 12.0 Å². The smallest absolute Gasteiger partial charge is 0.240 e. The highest BCUT2D eigenvalue weighted by molar-refractivity contribution is 6.00. The van der Waals surface area contributed by atoms with E-state index in [-0.39, 0.29) is 24.9 Å². The maximum Gasteiger partial charge on any atom is 0.240 e. The molecule has 0 unspecified atom stereocenters. The fourth-order valence-corrected chi connectivity index (χ4v) is 2.43. The van der Waals surface area contributed by atoms with Crippen LogP contribution in [0.2, 0.25) is 0 Å². The van der Waals surface area contributed by atoms with Crippen LogP contribution in [0, 0.1) is 5.82 Å². The van der Waals surface area contributed by atoms with E-state index in [1.54, 1.807) is 24.3 Å². The average molecular weight is 312 g/mol. The van der Waals surface area contributed by atoms with E-state index < -0.39 is 5.41 Å². The second kappa shape index (κ2) is 6.12. The summed E-state index contributed by atoms with van der Waals surface area (Å²) in [5.74, 6) is -0.585. The van der Waals surface area contributed by atoms with Crippen LogP contribution in [0.1, 0.15) is 5.56 Å². The quantitative estimate of drug-likeness (QED) is 0.697. The summed E-state index contributed by atoms with van der Waals surface area (Å²) in [6.07, 6.45) is 1.47. The van der Waals surface area contributed by atoms with Crippen LogP contribution in [0.3, 0.4) is 0 Å². The molecule has 1 N–H and O–H groups in total. The highest BCUT2D eigenvalue weighted by Crippen LogP contribution is 2.34. The molecule has 1 saturated heterocycles. The van der Waals surface area contributed by atoms with Crippen LogP contribution in [0.25, 0.3) is 0 Å². The summed E-state index contributed by atoms with van der Waals surface area (Å²) >= 11 is 0. The lowest BCUT2D eigenvalue weighted by atomic mass is 9.77. The van der Waals surface area contributed by atoms with Crippen molar-refractivity contribution in [3.63, 3.8) is 0 Å². The number of halogens is 1. The Labute approximate surface area is 131 Å². The number of nitrogens with one attached hydrogen (secondary N) is 1. The molecule has 1 aliphatic rings. The summed E-state index contributed by atoms with van der Waals surface area (Å²) in [5, 5.41) is 2.78. The van der Waals surface area contributed by atoms with Gasteiger partial charge in [0, 0.05) is 5.69 Å². The van der Waals surface area contributed by atoms with E-state index in [2.05, 4.69) is 10.3 Å². The fraction of sp³-hybridized carbons (Fsp3) is 0.176. The van der Waals surface area contributed by atoms with Crippen molar-refractivity contribution >= 4 is 23.4 Å². The van der Waals surface area contributed by atoms with Crippen molar-refractivity contribution in [1.29, 1.82) is 0 Å². The minimum Gasteiger partial charge on any atom is -0.378 e. The second-order valence-electron chi connectivity index (χ2n) is 5.29. The molecule has 3 rings (SSSR count). The number of hydrogen-bond acceptors (Lipinski definition) is 4. The molecule has 23 heavy (non-hydrogen) atoms. The van der Waals surface area contributed by atoms with Gasteiger partial charge in [0.25, 0.3) is 0 Å². The first-order valence-corrected chi connectivity index (χ1v) is 6.97. The molecule has 2 aromatic carbocycles. The molecule has 116 valence electrons. The van der Waals surface area contributed by atoms with Crippen molar-refractivity contribution in [3.05, 3.63) is 59.9 Å². The first kappa shape index (κ1) is 15.1. The number of isocyanates is 1. The van der Waals surface area contributed by atoms with E-state index in [0.29, 0.717) is 11.4 Å². The van der Waals surface area contributed by atoms with Crippen molar-refractivity contribution in [2.75, 3.05) is 18.5 Å². The molecular formula is C17H13FN2O3. The molecule has 5 nitrogen and oxygen atoms in total. The van der Waals surface area contributed by atoms with E-state index in [1.165, 1.54) is 30.3 Å². The average Bonchev–Trinajstić information content (AvgIpc) is 2.50. The van der Waals surface area contributed by atoms with Crippen LogP contribution in [-0.4, -0.2) is 25.2 Å². The molecular weight excluding hydrogens is 299 g/mol. The molecule has 0 saturated carbocycles. The molecule has 0 aliphatic carbocycles. The molecule has 1 aliphatic heterocycles. The number of anilines is 1. The Hall–Kier alpha value is -2.82. The van der Waals surface area contributed by atoms with E-state index in [9.17, 15) is 14.0 Å². The van der Waals surface area contributed by atoms with Crippen LogP contribution < -0.4 is 5.32 Å². The molecule has 6 heteroatoms. The number of rotatable bonds is 4. The summed E-state index contributed by atoms with van der Waals surface area (Å²) in [5.41, 5.74) is 0.966. The first-order chi connectivity index (χ1) is 11.1.